The molecule has 1 aromatic carbocycles. The third-order valence-electron chi connectivity index (χ3n) is 6.45. The van der Waals surface area contributed by atoms with Crippen LogP contribution in [0.3, 0.4) is 0 Å². The van der Waals surface area contributed by atoms with Crippen molar-refractivity contribution in [2.75, 3.05) is 37.5 Å². The van der Waals surface area contributed by atoms with Crippen molar-refractivity contribution in [3.05, 3.63) is 29.8 Å². The van der Waals surface area contributed by atoms with E-state index in [0.29, 0.717) is 23.5 Å². The fourth-order valence-electron chi connectivity index (χ4n) is 4.42. The van der Waals surface area contributed by atoms with Crippen molar-refractivity contribution in [2.24, 2.45) is 10.9 Å². The lowest BCUT2D eigenvalue weighted by Gasteiger charge is -2.33. The molecule has 2 aliphatic heterocycles. The first-order valence-corrected chi connectivity index (χ1v) is 13.1. The zero-order valence-electron chi connectivity index (χ0n) is 20.9. The van der Waals surface area contributed by atoms with Gasteiger partial charge in [0.15, 0.2) is 11.0 Å². The number of aliphatic imine (C=N–C) groups is 1. The minimum atomic E-state index is -0.132. The van der Waals surface area contributed by atoms with Gasteiger partial charge in [-0.3, -0.25) is 4.79 Å². The Morgan fingerprint density at radius 2 is 2.00 bits per heavy atom. The number of piperidine rings is 1. The smallest absolute Gasteiger partial charge is 0.305 e. The van der Waals surface area contributed by atoms with E-state index in [1.54, 1.807) is 11.8 Å². The molecule has 0 radical (unpaired) electrons. The van der Waals surface area contributed by atoms with Crippen molar-refractivity contribution >= 4 is 40.9 Å². The van der Waals surface area contributed by atoms with Crippen LogP contribution in [0, 0.1) is 5.92 Å². The summed E-state index contributed by atoms with van der Waals surface area (Å²) in [6.07, 6.45) is 3.96. The number of methoxy groups -OCH3 is 1. The molecule has 3 N–H and O–H groups in total. The van der Waals surface area contributed by atoms with Crippen LogP contribution in [0.1, 0.15) is 45.1 Å². The lowest BCUT2D eigenvalue weighted by atomic mass is 9.93. The van der Waals surface area contributed by atoms with Gasteiger partial charge < -0.3 is 20.4 Å². The number of nitrogens with one attached hydrogen (secondary N) is 3. The first-order valence-electron chi connectivity index (χ1n) is 12.3. The van der Waals surface area contributed by atoms with Gasteiger partial charge in [-0.2, -0.15) is 0 Å². The average molecular weight is 498 g/mol. The van der Waals surface area contributed by atoms with E-state index in [1.807, 2.05) is 19.2 Å². The van der Waals surface area contributed by atoms with Crippen LogP contribution < -0.4 is 21.1 Å². The second-order valence-electron chi connectivity index (χ2n) is 9.01. The minimum Gasteiger partial charge on any atom is -0.469 e. The molecule has 3 heterocycles. The summed E-state index contributed by atoms with van der Waals surface area (Å²) in [6, 6.07) is 8.56. The van der Waals surface area contributed by atoms with Gasteiger partial charge >= 0.3 is 5.97 Å². The highest BCUT2D eigenvalue weighted by Gasteiger charge is 2.26. The number of benzene rings is 1. The number of anilines is 2. The van der Waals surface area contributed by atoms with Crippen molar-refractivity contribution in [3.63, 3.8) is 0 Å². The molecule has 2 aromatic rings. The fraction of sp³-hybridized carbons (Fsp3) is 0.520. The van der Waals surface area contributed by atoms with Crippen LogP contribution in [0.5, 0.6) is 0 Å². The normalized spacial score (nSPS) is 19.6. The first-order chi connectivity index (χ1) is 17.0. The molecule has 2 aliphatic rings. The van der Waals surface area contributed by atoms with E-state index in [2.05, 4.69) is 47.0 Å². The van der Waals surface area contributed by atoms with Crippen molar-refractivity contribution in [1.29, 1.82) is 0 Å². The molecule has 0 spiro atoms. The van der Waals surface area contributed by atoms with Crippen LogP contribution >= 0.6 is 11.8 Å². The molecule has 10 heteroatoms. The Labute approximate surface area is 211 Å². The molecule has 35 heavy (non-hydrogen) atoms. The summed E-state index contributed by atoms with van der Waals surface area (Å²) in [4.78, 5) is 30.0. The second kappa shape index (κ2) is 11.7. The number of hydrazine groups is 1. The Bertz CT molecular complexity index is 1050. The van der Waals surface area contributed by atoms with Crippen LogP contribution in [-0.4, -0.2) is 55.1 Å². The monoisotopic (exact) mass is 497 g/mol. The number of esters is 1. The van der Waals surface area contributed by atoms with Gasteiger partial charge in [-0.15, -0.1) is 0 Å². The topological polar surface area (TPSA) is 104 Å². The third kappa shape index (κ3) is 6.43. The average Bonchev–Trinajstić information content (AvgIpc) is 3.29. The fourth-order valence-corrected chi connectivity index (χ4v) is 5.17. The van der Waals surface area contributed by atoms with Crippen molar-refractivity contribution in [2.45, 2.75) is 62.0 Å². The molecular weight excluding hydrogens is 462 g/mol. The highest BCUT2D eigenvalue weighted by Crippen LogP contribution is 2.35. The summed E-state index contributed by atoms with van der Waals surface area (Å²) >= 11 is 1.55. The number of ether oxygens (including phenoxy) is 1. The molecule has 0 aliphatic carbocycles. The Kier molecular flexibility index (Phi) is 8.46. The summed E-state index contributed by atoms with van der Waals surface area (Å²) in [5.41, 5.74) is 8.52. The van der Waals surface area contributed by atoms with Crippen LogP contribution in [-0.2, 0) is 16.0 Å². The van der Waals surface area contributed by atoms with E-state index in [0.717, 1.165) is 72.4 Å². The number of amidine groups is 1. The molecule has 2 fully saturated rings. The zero-order chi connectivity index (χ0) is 24.8. The molecule has 1 unspecified atom stereocenters. The van der Waals surface area contributed by atoms with E-state index in [4.69, 9.17) is 19.7 Å². The highest BCUT2D eigenvalue weighted by atomic mass is 32.2. The van der Waals surface area contributed by atoms with Gasteiger partial charge in [0.05, 0.1) is 7.11 Å². The number of hydrogen-bond donors (Lipinski definition) is 3. The Hall–Kier alpha value is -2.85. The maximum absolute atomic E-state index is 11.7. The lowest BCUT2D eigenvalue weighted by Crippen LogP contribution is -2.36. The van der Waals surface area contributed by atoms with E-state index >= 15 is 0 Å². The van der Waals surface area contributed by atoms with Crippen LogP contribution in [0.4, 0.5) is 17.3 Å². The molecule has 1 aromatic heterocycles. The standard InChI is InChI=1S/C25H35N7O2S/c1-5-20-23(27-21-14-16(2)30-31-21)28-25(35-19-8-6-18(26-3)7-9-19)29-24(20)32-12-10-17(11-13-32)15-22(33)34-4/h6-9,16-17,26,30H,5,10-15H2,1-4H3,(H,27,28,29,31). The summed E-state index contributed by atoms with van der Waals surface area (Å²) in [7, 11) is 3.36. The predicted octanol–water partition coefficient (Wildman–Crippen LogP) is 3.93. The quantitative estimate of drug-likeness (QED) is 0.370. The molecule has 4 rings (SSSR count). The van der Waals surface area contributed by atoms with Crippen LogP contribution in [0.2, 0.25) is 0 Å². The number of rotatable bonds is 8. The Morgan fingerprint density at radius 3 is 2.60 bits per heavy atom. The molecule has 2 saturated heterocycles. The highest BCUT2D eigenvalue weighted by molar-refractivity contribution is 7.99. The molecule has 9 nitrogen and oxygen atoms in total. The van der Waals surface area contributed by atoms with Crippen LogP contribution in [0.25, 0.3) is 0 Å². The number of carbonyl (C=O) groups is 1. The number of carbonyl (C=O) groups excluding carboxylic acids is 1. The first kappa shape index (κ1) is 25.2. The van der Waals surface area contributed by atoms with Gasteiger partial charge in [0.25, 0.3) is 0 Å². The van der Waals surface area contributed by atoms with Crippen molar-refractivity contribution < 1.29 is 9.53 Å². The molecule has 0 saturated carbocycles. The number of aromatic nitrogens is 2. The lowest BCUT2D eigenvalue weighted by molar-refractivity contribution is -0.141. The number of hydrogen-bond acceptors (Lipinski definition) is 9. The maximum atomic E-state index is 11.7. The largest absolute Gasteiger partial charge is 0.469 e. The summed E-state index contributed by atoms with van der Waals surface area (Å²) in [6.45, 7) is 5.94. The molecule has 0 bridgehead atoms. The molecule has 0 amide bonds. The maximum Gasteiger partial charge on any atom is 0.305 e. The van der Waals surface area contributed by atoms with Crippen molar-refractivity contribution in [1.82, 2.24) is 20.8 Å². The number of nitrogens with zero attached hydrogens (tertiary/aromatic N) is 4. The van der Waals surface area contributed by atoms with Crippen LogP contribution in [0.15, 0.2) is 39.3 Å². The summed E-state index contributed by atoms with van der Waals surface area (Å²) in [5, 5.41) is 3.84. The van der Waals surface area contributed by atoms with E-state index in [1.165, 1.54) is 7.11 Å². The van der Waals surface area contributed by atoms with E-state index in [-0.39, 0.29) is 5.97 Å². The molecular formula is C25H35N7O2S. The molecule has 188 valence electrons. The van der Waals surface area contributed by atoms with E-state index in [9.17, 15) is 4.79 Å². The van der Waals surface area contributed by atoms with Gasteiger partial charge in [-0.25, -0.2) is 20.4 Å². The summed E-state index contributed by atoms with van der Waals surface area (Å²) in [5.74, 6) is 2.78. The Morgan fingerprint density at radius 1 is 1.26 bits per heavy atom. The Balaban J connectivity index is 1.63. The molecule has 1 atom stereocenters. The second-order valence-corrected chi connectivity index (χ2v) is 10.0. The van der Waals surface area contributed by atoms with Gasteiger partial charge in [0.1, 0.15) is 11.7 Å². The predicted molar refractivity (Wildman–Crippen MR) is 141 cm³/mol. The van der Waals surface area contributed by atoms with Gasteiger partial charge in [-0.1, -0.05) is 6.92 Å². The van der Waals surface area contributed by atoms with Crippen molar-refractivity contribution in [3.8, 4) is 0 Å². The van der Waals surface area contributed by atoms with Gasteiger partial charge in [-0.05, 0) is 68.1 Å². The van der Waals surface area contributed by atoms with Gasteiger partial charge in [0.2, 0.25) is 0 Å². The third-order valence-corrected chi connectivity index (χ3v) is 7.32. The zero-order valence-corrected chi connectivity index (χ0v) is 21.7. The summed E-state index contributed by atoms with van der Waals surface area (Å²) < 4.78 is 4.87. The van der Waals surface area contributed by atoms with E-state index < -0.39 is 0 Å². The minimum absolute atomic E-state index is 0.132. The SMILES string of the molecule is CCc1c(/N=C2\CC(C)NN2)nc(Sc2ccc(NC)cc2)nc1N1CCC(CC(=O)OC)CC1. The van der Waals surface area contributed by atoms with Gasteiger partial charge in [0, 0.05) is 55.2 Å².